The molecule has 1 saturated carbocycles. The average Bonchev–Trinajstić information content (AvgIpc) is 3.13. The van der Waals surface area contributed by atoms with E-state index in [1.165, 1.54) is 11.1 Å². The highest BCUT2D eigenvalue weighted by Crippen LogP contribution is 2.39. The monoisotopic (exact) mass is 407 g/mol. The SMILES string of the molecule is Cc1ccc(NC(=O)C2(CNC(=O)[C@H]3CCN[C@@H](C)C3)CCCC2)cc1C.Cl. The van der Waals surface area contributed by atoms with Crippen molar-refractivity contribution in [3.8, 4) is 0 Å². The second-order valence-electron chi connectivity index (χ2n) is 8.53. The van der Waals surface area contributed by atoms with Crippen LogP contribution in [0.25, 0.3) is 0 Å². The second-order valence-corrected chi connectivity index (χ2v) is 8.53. The molecule has 0 spiro atoms. The average molecular weight is 408 g/mol. The molecule has 1 aromatic carbocycles. The van der Waals surface area contributed by atoms with Crippen LogP contribution in [-0.2, 0) is 9.59 Å². The molecular weight excluding hydrogens is 374 g/mol. The molecule has 2 fully saturated rings. The number of anilines is 1. The third-order valence-electron chi connectivity index (χ3n) is 6.40. The Morgan fingerprint density at radius 1 is 1.18 bits per heavy atom. The zero-order valence-corrected chi connectivity index (χ0v) is 18.1. The van der Waals surface area contributed by atoms with Crippen LogP contribution in [0.4, 0.5) is 5.69 Å². The minimum Gasteiger partial charge on any atom is -0.355 e. The predicted octanol–water partition coefficient (Wildman–Crippen LogP) is 3.73. The summed E-state index contributed by atoms with van der Waals surface area (Å²) in [6.07, 6.45) is 5.51. The van der Waals surface area contributed by atoms with Gasteiger partial charge in [0.1, 0.15) is 0 Å². The lowest BCUT2D eigenvalue weighted by Crippen LogP contribution is -2.48. The van der Waals surface area contributed by atoms with Crippen LogP contribution in [0.15, 0.2) is 18.2 Å². The fourth-order valence-electron chi connectivity index (χ4n) is 4.39. The summed E-state index contributed by atoms with van der Waals surface area (Å²) >= 11 is 0. The maximum Gasteiger partial charge on any atom is 0.232 e. The minimum absolute atomic E-state index is 0. The number of hydrogen-bond donors (Lipinski definition) is 3. The lowest BCUT2D eigenvalue weighted by atomic mass is 9.84. The fraction of sp³-hybridized carbons (Fsp3) is 0.636. The van der Waals surface area contributed by atoms with Crippen molar-refractivity contribution in [1.82, 2.24) is 10.6 Å². The molecule has 1 heterocycles. The first kappa shape index (κ1) is 22.7. The van der Waals surface area contributed by atoms with E-state index in [0.29, 0.717) is 12.6 Å². The Kier molecular flexibility index (Phi) is 7.90. The van der Waals surface area contributed by atoms with Crippen LogP contribution in [0, 0.1) is 25.2 Å². The van der Waals surface area contributed by atoms with Gasteiger partial charge in [-0.25, -0.2) is 0 Å². The molecule has 1 saturated heterocycles. The third kappa shape index (κ3) is 5.26. The van der Waals surface area contributed by atoms with E-state index in [1.807, 2.05) is 18.2 Å². The fourth-order valence-corrected chi connectivity index (χ4v) is 4.39. The van der Waals surface area contributed by atoms with Crippen LogP contribution in [0.2, 0.25) is 0 Å². The molecule has 2 amide bonds. The maximum atomic E-state index is 13.1. The topological polar surface area (TPSA) is 70.2 Å². The third-order valence-corrected chi connectivity index (χ3v) is 6.40. The molecule has 3 N–H and O–H groups in total. The smallest absolute Gasteiger partial charge is 0.232 e. The van der Waals surface area contributed by atoms with Crippen molar-refractivity contribution < 1.29 is 9.59 Å². The lowest BCUT2D eigenvalue weighted by molar-refractivity contribution is -0.129. The Hall–Kier alpha value is -1.59. The Labute approximate surface area is 174 Å². The standard InChI is InChI=1S/C22H33N3O2.ClH/c1-15-6-7-19(12-16(15)2)25-21(27)22(9-4-5-10-22)14-24-20(26)18-8-11-23-17(3)13-18;/h6-7,12,17-18,23H,4-5,8-11,13-14H2,1-3H3,(H,24,26)(H,25,27);1H/t17-,18-;/m0./s1. The van der Waals surface area contributed by atoms with Gasteiger partial charge in [0.05, 0.1) is 5.41 Å². The maximum absolute atomic E-state index is 13.1. The number of aryl methyl sites for hydroxylation is 2. The number of nitrogens with one attached hydrogen (secondary N) is 3. The van der Waals surface area contributed by atoms with Crippen molar-refractivity contribution in [2.75, 3.05) is 18.4 Å². The highest BCUT2D eigenvalue weighted by Gasteiger charge is 2.42. The Balaban J connectivity index is 0.00000280. The van der Waals surface area contributed by atoms with E-state index in [-0.39, 0.29) is 30.1 Å². The van der Waals surface area contributed by atoms with Gasteiger partial charge in [-0.2, -0.15) is 0 Å². The highest BCUT2D eigenvalue weighted by molar-refractivity contribution is 5.96. The van der Waals surface area contributed by atoms with Gasteiger partial charge in [0.2, 0.25) is 11.8 Å². The van der Waals surface area contributed by atoms with Crippen LogP contribution >= 0.6 is 12.4 Å². The molecule has 0 radical (unpaired) electrons. The van der Waals surface area contributed by atoms with E-state index in [4.69, 9.17) is 0 Å². The molecule has 1 aromatic rings. The molecule has 0 unspecified atom stereocenters. The molecule has 6 heteroatoms. The molecule has 0 bridgehead atoms. The Morgan fingerprint density at radius 2 is 1.89 bits per heavy atom. The second kappa shape index (κ2) is 9.75. The first-order chi connectivity index (χ1) is 12.9. The first-order valence-electron chi connectivity index (χ1n) is 10.3. The largest absolute Gasteiger partial charge is 0.355 e. The summed E-state index contributed by atoms with van der Waals surface area (Å²) in [4.78, 5) is 25.7. The molecule has 5 nitrogen and oxygen atoms in total. The summed E-state index contributed by atoms with van der Waals surface area (Å²) in [6.45, 7) is 7.57. The van der Waals surface area contributed by atoms with Gasteiger partial charge in [0, 0.05) is 24.2 Å². The summed E-state index contributed by atoms with van der Waals surface area (Å²) in [5, 5.41) is 9.60. The normalized spacial score (nSPS) is 23.5. The number of halogens is 1. The molecule has 2 aliphatic rings. The molecule has 1 aliphatic heterocycles. The Morgan fingerprint density at radius 3 is 2.54 bits per heavy atom. The molecular formula is C22H34ClN3O2. The van der Waals surface area contributed by atoms with E-state index in [0.717, 1.165) is 50.8 Å². The highest BCUT2D eigenvalue weighted by atomic mass is 35.5. The van der Waals surface area contributed by atoms with Crippen molar-refractivity contribution in [1.29, 1.82) is 0 Å². The van der Waals surface area contributed by atoms with Crippen LogP contribution in [-0.4, -0.2) is 30.9 Å². The molecule has 0 aromatic heterocycles. The first-order valence-corrected chi connectivity index (χ1v) is 10.3. The number of amides is 2. The van der Waals surface area contributed by atoms with Crippen molar-refractivity contribution in [2.45, 2.75) is 65.3 Å². The van der Waals surface area contributed by atoms with Crippen LogP contribution in [0.5, 0.6) is 0 Å². The predicted molar refractivity (Wildman–Crippen MR) is 116 cm³/mol. The number of piperidine rings is 1. The molecule has 156 valence electrons. The zero-order valence-electron chi connectivity index (χ0n) is 17.3. The summed E-state index contributed by atoms with van der Waals surface area (Å²) in [5.41, 5.74) is 2.74. The number of rotatable bonds is 5. The van der Waals surface area contributed by atoms with E-state index >= 15 is 0 Å². The summed E-state index contributed by atoms with van der Waals surface area (Å²) in [5.74, 6) is 0.207. The molecule has 28 heavy (non-hydrogen) atoms. The van der Waals surface area contributed by atoms with Gasteiger partial charge in [-0.3, -0.25) is 9.59 Å². The van der Waals surface area contributed by atoms with Gasteiger partial charge in [0.15, 0.2) is 0 Å². The van der Waals surface area contributed by atoms with E-state index in [9.17, 15) is 9.59 Å². The molecule has 3 rings (SSSR count). The van der Waals surface area contributed by atoms with Crippen molar-refractivity contribution in [3.05, 3.63) is 29.3 Å². The van der Waals surface area contributed by atoms with Gasteiger partial charge in [0.25, 0.3) is 0 Å². The zero-order chi connectivity index (χ0) is 19.4. The van der Waals surface area contributed by atoms with Gasteiger partial charge in [-0.1, -0.05) is 18.9 Å². The summed E-state index contributed by atoms with van der Waals surface area (Å²) < 4.78 is 0. The van der Waals surface area contributed by atoms with Gasteiger partial charge in [-0.05, 0) is 76.3 Å². The lowest BCUT2D eigenvalue weighted by Gasteiger charge is -2.31. The molecule has 2 atom stereocenters. The van der Waals surface area contributed by atoms with Gasteiger partial charge in [-0.15, -0.1) is 12.4 Å². The van der Waals surface area contributed by atoms with E-state index in [1.54, 1.807) is 0 Å². The molecule has 1 aliphatic carbocycles. The van der Waals surface area contributed by atoms with E-state index < -0.39 is 5.41 Å². The van der Waals surface area contributed by atoms with Gasteiger partial charge >= 0.3 is 0 Å². The van der Waals surface area contributed by atoms with Crippen LogP contribution in [0.3, 0.4) is 0 Å². The summed E-state index contributed by atoms with van der Waals surface area (Å²) in [6, 6.07) is 6.39. The minimum atomic E-state index is -0.479. The van der Waals surface area contributed by atoms with Crippen molar-refractivity contribution >= 4 is 29.9 Å². The van der Waals surface area contributed by atoms with Crippen molar-refractivity contribution in [2.24, 2.45) is 11.3 Å². The van der Waals surface area contributed by atoms with Gasteiger partial charge < -0.3 is 16.0 Å². The van der Waals surface area contributed by atoms with Crippen LogP contribution in [0.1, 0.15) is 56.6 Å². The number of carbonyl (C=O) groups is 2. The Bertz CT molecular complexity index is 701. The van der Waals surface area contributed by atoms with Crippen LogP contribution < -0.4 is 16.0 Å². The van der Waals surface area contributed by atoms with E-state index in [2.05, 4.69) is 36.7 Å². The number of benzene rings is 1. The number of hydrogen-bond acceptors (Lipinski definition) is 3. The number of carbonyl (C=O) groups excluding carboxylic acids is 2. The van der Waals surface area contributed by atoms with Crippen molar-refractivity contribution in [3.63, 3.8) is 0 Å². The summed E-state index contributed by atoms with van der Waals surface area (Å²) in [7, 11) is 0. The quantitative estimate of drug-likeness (QED) is 0.696.